The fourth-order valence-electron chi connectivity index (χ4n) is 1.76. The van der Waals surface area contributed by atoms with E-state index in [4.69, 9.17) is 5.11 Å². The second-order valence-electron chi connectivity index (χ2n) is 4.38. The van der Waals surface area contributed by atoms with E-state index in [1.807, 2.05) is 4.72 Å². The minimum atomic E-state index is -4.49. The average molecular weight is 325 g/mol. The molecule has 1 aromatic rings. The summed E-state index contributed by atoms with van der Waals surface area (Å²) >= 11 is 0. The first-order valence-electron chi connectivity index (χ1n) is 6.06. The Labute approximate surface area is 119 Å². The van der Waals surface area contributed by atoms with Gasteiger partial charge in [0.15, 0.2) is 17.5 Å². The van der Waals surface area contributed by atoms with E-state index >= 15 is 0 Å². The van der Waals surface area contributed by atoms with Crippen molar-refractivity contribution in [2.45, 2.75) is 37.1 Å². The van der Waals surface area contributed by atoms with Gasteiger partial charge in [-0.15, -0.1) is 0 Å². The number of nitrogens with one attached hydrogen (secondary N) is 1. The summed E-state index contributed by atoms with van der Waals surface area (Å²) in [4.78, 5) is 9.59. The maximum absolute atomic E-state index is 13.5. The Morgan fingerprint density at radius 1 is 1.29 bits per heavy atom. The fourth-order valence-corrected chi connectivity index (χ4v) is 3.10. The number of hydrogen-bond donors (Lipinski definition) is 2. The monoisotopic (exact) mass is 325 g/mol. The Balaban J connectivity index is 3.10. The van der Waals surface area contributed by atoms with Gasteiger partial charge >= 0.3 is 5.97 Å². The van der Waals surface area contributed by atoms with Gasteiger partial charge in [0.05, 0.1) is 6.42 Å². The van der Waals surface area contributed by atoms with Gasteiger partial charge in [-0.2, -0.15) is 0 Å². The molecule has 0 fully saturated rings. The van der Waals surface area contributed by atoms with Gasteiger partial charge in [0.1, 0.15) is 4.90 Å². The first-order valence-corrected chi connectivity index (χ1v) is 7.55. The molecule has 0 saturated carbocycles. The summed E-state index contributed by atoms with van der Waals surface area (Å²) in [6, 6.07) is 0.101. The zero-order valence-electron chi connectivity index (χ0n) is 11.1. The number of carboxylic acid groups (broad SMARTS) is 1. The molecule has 0 aliphatic carbocycles. The zero-order valence-corrected chi connectivity index (χ0v) is 11.9. The van der Waals surface area contributed by atoms with Crippen molar-refractivity contribution in [3.05, 3.63) is 29.6 Å². The van der Waals surface area contributed by atoms with Crippen LogP contribution in [0.15, 0.2) is 17.0 Å². The highest BCUT2D eigenvalue weighted by atomic mass is 32.2. The molecule has 0 aliphatic heterocycles. The predicted octanol–water partition coefficient (Wildman–Crippen LogP) is 2.03. The standard InChI is InChI=1S/C12H14F3NO4S/c1-2-3-7(6-10(17)18)16-21(19,20)9-5-4-8(13)11(14)12(9)15/h4-5,7,16H,2-3,6H2,1H3,(H,17,18). The third-order valence-corrected chi connectivity index (χ3v) is 4.21. The van der Waals surface area contributed by atoms with Crippen LogP contribution in [0.25, 0.3) is 0 Å². The summed E-state index contributed by atoms with van der Waals surface area (Å²) in [6.45, 7) is 1.71. The molecule has 21 heavy (non-hydrogen) atoms. The van der Waals surface area contributed by atoms with Gasteiger partial charge in [-0.1, -0.05) is 13.3 Å². The minimum Gasteiger partial charge on any atom is -0.481 e. The lowest BCUT2D eigenvalue weighted by Crippen LogP contribution is -2.37. The zero-order chi connectivity index (χ0) is 16.2. The Morgan fingerprint density at radius 3 is 2.43 bits per heavy atom. The van der Waals surface area contributed by atoms with E-state index in [1.165, 1.54) is 0 Å². The van der Waals surface area contributed by atoms with Crippen molar-refractivity contribution >= 4 is 16.0 Å². The molecule has 1 atom stereocenters. The molecule has 1 rings (SSSR count). The number of hydrogen-bond acceptors (Lipinski definition) is 3. The summed E-state index contributed by atoms with van der Waals surface area (Å²) in [5.41, 5.74) is 0. The molecule has 0 saturated heterocycles. The largest absolute Gasteiger partial charge is 0.481 e. The molecular formula is C12H14F3NO4S. The van der Waals surface area contributed by atoms with Crippen molar-refractivity contribution in [3.63, 3.8) is 0 Å². The van der Waals surface area contributed by atoms with Gasteiger partial charge in [0.2, 0.25) is 10.0 Å². The van der Waals surface area contributed by atoms with Crippen molar-refractivity contribution < 1.29 is 31.5 Å². The van der Waals surface area contributed by atoms with Gasteiger partial charge in [0.25, 0.3) is 0 Å². The van der Waals surface area contributed by atoms with Gasteiger partial charge < -0.3 is 5.11 Å². The van der Waals surface area contributed by atoms with Crippen molar-refractivity contribution in [3.8, 4) is 0 Å². The van der Waals surface area contributed by atoms with Crippen molar-refractivity contribution in [1.29, 1.82) is 0 Å². The highest BCUT2D eigenvalue weighted by Gasteiger charge is 2.27. The first-order chi connectivity index (χ1) is 9.69. The summed E-state index contributed by atoms with van der Waals surface area (Å²) in [5.74, 6) is -6.49. The summed E-state index contributed by atoms with van der Waals surface area (Å²) in [6.07, 6.45) is 0.190. The average Bonchev–Trinajstić information content (AvgIpc) is 2.34. The van der Waals surface area contributed by atoms with Crippen LogP contribution in [0.4, 0.5) is 13.2 Å². The Hall–Kier alpha value is -1.61. The maximum Gasteiger partial charge on any atom is 0.304 e. The second-order valence-corrected chi connectivity index (χ2v) is 6.06. The molecule has 0 aromatic heterocycles. The normalized spacial score (nSPS) is 13.1. The smallest absolute Gasteiger partial charge is 0.304 e. The van der Waals surface area contributed by atoms with Crippen LogP contribution in [0.5, 0.6) is 0 Å². The van der Waals surface area contributed by atoms with Gasteiger partial charge in [-0.25, -0.2) is 26.3 Å². The second kappa shape index (κ2) is 6.90. The number of carbonyl (C=O) groups is 1. The van der Waals surface area contributed by atoms with E-state index in [9.17, 15) is 26.4 Å². The lowest BCUT2D eigenvalue weighted by atomic mass is 10.1. The van der Waals surface area contributed by atoms with E-state index < -0.39 is 50.8 Å². The van der Waals surface area contributed by atoms with Crippen LogP contribution in [-0.4, -0.2) is 25.5 Å². The third kappa shape index (κ3) is 4.43. The molecule has 0 aliphatic rings. The van der Waals surface area contributed by atoms with E-state index in [0.717, 1.165) is 0 Å². The highest BCUT2D eigenvalue weighted by molar-refractivity contribution is 7.89. The molecule has 9 heteroatoms. The van der Waals surface area contributed by atoms with Crippen molar-refractivity contribution in [1.82, 2.24) is 4.72 Å². The predicted molar refractivity (Wildman–Crippen MR) is 67.6 cm³/mol. The number of halogens is 3. The van der Waals surface area contributed by atoms with Crippen molar-refractivity contribution in [2.24, 2.45) is 0 Å². The topological polar surface area (TPSA) is 83.5 Å². The summed E-state index contributed by atoms with van der Waals surface area (Å²) < 4.78 is 65.3. The molecular weight excluding hydrogens is 311 g/mol. The first kappa shape index (κ1) is 17.4. The third-order valence-electron chi connectivity index (χ3n) is 2.67. The van der Waals surface area contributed by atoms with Gasteiger partial charge in [-0.3, -0.25) is 4.79 Å². The SMILES string of the molecule is CCCC(CC(=O)O)NS(=O)(=O)c1ccc(F)c(F)c1F. The molecule has 0 bridgehead atoms. The van der Waals surface area contributed by atoms with E-state index in [0.29, 0.717) is 18.6 Å². The minimum absolute atomic E-state index is 0.205. The van der Waals surface area contributed by atoms with Crippen LogP contribution in [0.1, 0.15) is 26.2 Å². The number of rotatable bonds is 7. The summed E-state index contributed by atoms with van der Waals surface area (Å²) in [7, 11) is -4.49. The molecule has 1 unspecified atom stereocenters. The Morgan fingerprint density at radius 2 is 1.90 bits per heavy atom. The van der Waals surface area contributed by atoms with Crippen LogP contribution < -0.4 is 4.72 Å². The van der Waals surface area contributed by atoms with Gasteiger partial charge in [-0.05, 0) is 18.6 Å². The lowest BCUT2D eigenvalue weighted by Gasteiger charge is -2.16. The van der Waals surface area contributed by atoms with Crippen LogP contribution in [0.3, 0.4) is 0 Å². The molecule has 0 amide bonds. The van der Waals surface area contributed by atoms with Crippen LogP contribution in [-0.2, 0) is 14.8 Å². The highest BCUT2D eigenvalue weighted by Crippen LogP contribution is 2.20. The quantitative estimate of drug-likeness (QED) is 0.751. The molecule has 5 nitrogen and oxygen atoms in total. The molecule has 2 N–H and O–H groups in total. The van der Waals surface area contributed by atoms with Crippen LogP contribution >= 0.6 is 0 Å². The van der Waals surface area contributed by atoms with Crippen molar-refractivity contribution in [2.75, 3.05) is 0 Å². The lowest BCUT2D eigenvalue weighted by molar-refractivity contribution is -0.137. The Kier molecular flexibility index (Phi) is 5.73. The molecule has 118 valence electrons. The van der Waals surface area contributed by atoms with E-state index in [1.54, 1.807) is 6.92 Å². The van der Waals surface area contributed by atoms with E-state index in [-0.39, 0.29) is 6.42 Å². The molecule has 0 radical (unpaired) electrons. The maximum atomic E-state index is 13.5. The molecule has 0 spiro atoms. The summed E-state index contributed by atoms with van der Waals surface area (Å²) in [5, 5.41) is 8.69. The van der Waals surface area contributed by atoms with Crippen LogP contribution in [0, 0.1) is 17.5 Å². The number of carboxylic acids is 1. The number of sulfonamides is 1. The number of aliphatic carboxylic acids is 1. The van der Waals surface area contributed by atoms with Gasteiger partial charge in [0, 0.05) is 6.04 Å². The van der Waals surface area contributed by atoms with Crippen LogP contribution in [0.2, 0.25) is 0 Å². The fraction of sp³-hybridized carbons (Fsp3) is 0.417. The molecule has 0 heterocycles. The number of benzene rings is 1. The Bertz CT molecular complexity index is 634. The van der Waals surface area contributed by atoms with E-state index in [2.05, 4.69) is 0 Å². The molecule has 1 aromatic carbocycles.